The fraction of sp³-hybridized carbons (Fsp3) is 0.440. The highest BCUT2D eigenvalue weighted by Crippen LogP contribution is 2.24. The molecule has 2 aromatic rings. The van der Waals surface area contributed by atoms with Gasteiger partial charge in [-0.05, 0) is 68.7 Å². The van der Waals surface area contributed by atoms with Crippen LogP contribution in [0.2, 0.25) is 15.1 Å². The summed E-state index contributed by atoms with van der Waals surface area (Å²) in [4.78, 5) is 27.6. The van der Waals surface area contributed by atoms with Crippen LogP contribution in [0.3, 0.4) is 0 Å². The predicted octanol–water partition coefficient (Wildman–Crippen LogP) is 5.53. The highest BCUT2D eigenvalue weighted by atomic mass is 35.5. The van der Waals surface area contributed by atoms with Crippen molar-refractivity contribution in [2.75, 3.05) is 17.1 Å². The Morgan fingerprint density at radius 3 is 2.17 bits per heavy atom. The number of benzene rings is 2. The molecular weight excluding hydrogens is 545 g/mol. The molecule has 2 aromatic carbocycles. The van der Waals surface area contributed by atoms with E-state index in [-0.39, 0.29) is 43.8 Å². The Bertz CT molecular complexity index is 1160. The zero-order valence-electron chi connectivity index (χ0n) is 20.8. The standard InChI is InChI=1S/C25H32Cl3N3O4S/c1-5-17(2)29-25(33)18(3)30(16-19-8-9-21(27)15-23(19)28)24(32)7-6-14-31(36(4,34)35)22-12-10-20(26)11-13-22/h8-13,15,17-18H,5-7,14,16H2,1-4H3,(H,29,33)/t17-,18-/m0/s1. The second-order valence-corrected chi connectivity index (χ2v) is 11.9. The summed E-state index contributed by atoms with van der Waals surface area (Å²) in [6.45, 7) is 5.71. The lowest BCUT2D eigenvalue weighted by molar-refractivity contribution is -0.140. The van der Waals surface area contributed by atoms with Crippen molar-refractivity contribution in [3.63, 3.8) is 0 Å². The molecule has 0 aliphatic heterocycles. The zero-order valence-corrected chi connectivity index (χ0v) is 23.9. The van der Waals surface area contributed by atoms with E-state index in [2.05, 4.69) is 5.32 Å². The zero-order chi connectivity index (χ0) is 27.0. The first-order valence-corrected chi connectivity index (χ1v) is 14.6. The molecule has 2 rings (SSSR count). The van der Waals surface area contributed by atoms with Gasteiger partial charge in [0.2, 0.25) is 21.8 Å². The molecule has 0 unspecified atom stereocenters. The Hall–Kier alpha value is -2.00. The van der Waals surface area contributed by atoms with Gasteiger partial charge in [0.15, 0.2) is 0 Å². The van der Waals surface area contributed by atoms with E-state index in [9.17, 15) is 18.0 Å². The molecule has 0 fully saturated rings. The van der Waals surface area contributed by atoms with Crippen molar-refractivity contribution >= 4 is 62.3 Å². The molecule has 0 heterocycles. The topological polar surface area (TPSA) is 86.8 Å². The van der Waals surface area contributed by atoms with Crippen LogP contribution in [0.15, 0.2) is 42.5 Å². The van der Waals surface area contributed by atoms with Crippen molar-refractivity contribution in [1.82, 2.24) is 10.2 Å². The van der Waals surface area contributed by atoms with E-state index in [0.29, 0.717) is 26.3 Å². The molecule has 0 spiro atoms. The van der Waals surface area contributed by atoms with Crippen LogP contribution in [0, 0.1) is 0 Å². The highest BCUT2D eigenvalue weighted by Gasteiger charge is 2.27. The van der Waals surface area contributed by atoms with Gasteiger partial charge in [0.05, 0.1) is 11.9 Å². The Morgan fingerprint density at radius 2 is 1.61 bits per heavy atom. The number of hydrogen-bond acceptors (Lipinski definition) is 4. The third-order valence-corrected chi connectivity index (χ3v) is 7.82. The molecule has 0 bridgehead atoms. The summed E-state index contributed by atoms with van der Waals surface area (Å²) in [6.07, 6.45) is 2.14. The van der Waals surface area contributed by atoms with Crippen LogP contribution in [0.4, 0.5) is 5.69 Å². The number of rotatable bonds is 12. The number of nitrogens with zero attached hydrogens (tertiary/aromatic N) is 2. The van der Waals surface area contributed by atoms with Gasteiger partial charge >= 0.3 is 0 Å². The van der Waals surface area contributed by atoms with Crippen LogP contribution in [0.1, 0.15) is 45.6 Å². The number of sulfonamides is 1. The lowest BCUT2D eigenvalue weighted by atomic mass is 10.1. The van der Waals surface area contributed by atoms with Gasteiger partial charge < -0.3 is 10.2 Å². The van der Waals surface area contributed by atoms with Crippen molar-refractivity contribution < 1.29 is 18.0 Å². The van der Waals surface area contributed by atoms with Crippen LogP contribution in [-0.2, 0) is 26.2 Å². The van der Waals surface area contributed by atoms with Crippen molar-refractivity contribution in [3.8, 4) is 0 Å². The Morgan fingerprint density at radius 1 is 1.00 bits per heavy atom. The predicted molar refractivity (Wildman–Crippen MR) is 147 cm³/mol. The van der Waals surface area contributed by atoms with Crippen LogP contribution in [-0.4, -0.2) is 50.0 Å². The number of carbonyl (C=O) groups excluding carboxylic acids is 2. The molecular formula is C25H32Cl3N3O4S. The molecule has 2 amide bonds. The van der Waals surface area contributed by atoms with Crippen LogP contribution in [0.25, 0.3) is 0 Å². The number of anilines is 1. The average Bonchev–Trinajstić information content (AvgIpc) is 2.80. The minimum absolute atomic E-state index is 0.0335. The molecule has 198 valence electrons. The van der Waals surface area contributed by atoms with Gasteiger partial charge in [-0.25, -0.2) is 8.42 Å². The maximum Gasteiger partial charge on any atom is 0.242 e. The summed E-state index contributed by atoms with van der Waals surface area (Å²) in [7, 11) is -3.58. The Balaban J connectivity index is 2.20. The normalized spacial score (nSPS) is 13.1. The van der Waals surface area contributed by atoms with Crippen LogP contribution >= 0.6 is 34.8 Å². The molecule has 0 saturated carbocycles. The number of carbonyl (C=O) groups is 2. The summed E-state index contributed by atoms with van der Waals surface area (Å²) in [6, 6.07) is 10.6. The number of hydrogen-bond donors (Lipinski definition) is 1. The summed E-state index contributed by atoms with van der Waals surface area (Å²) in [5, 5.41) is 4.25. The third-order valence-electron chi connectivity index (χ3n) is 5.79. The number of halogens is 3. The van der Waals surface area contributed by atoms with Gasteiger partial charge in [0, 0.05) is 40.6 Å². The van der Waals surface area contributed by atoms with Gasteiger partial charge in [0.1, 0.15) is 6.04 Å². The molecule has 1 N–H and O–H groups in total. The molecule has 2 atom stereocenters. The largest absolute Gasteiger partial charge is 0.352 e. The second kappa shape index (κ2) is 13.5. The Labute approximate surface area is 228 Å². The fourth-order valence-electron chi connectivity index (χ4n) is 3.49. The molecule has 0 aliphatic carbocycles. The molecule has 0 radical (unpaired) electrons. The van der Waals surface area contributed by atoms with E-state index in [1.807, 2.05) is 13.8 Å². The summed E-state index contributed by atoms with van der Waals surface area (Å²) in [5.74, 6) is -0.570. The van der Waals surface area contributed by atoms with E-state index in [1.165, 1.54) is 9.21 Å². The number of nitrogens with one attached hydrogen (secondary N) is 1. The summed E-state index contributed by atoms with van der Waals surface area (Å²) in [5.41, 5.74) is 1.11. The van der Waals surface area contributed by atoms with Gasteiger partial charge in [-0.1, -0.05) is 47.8 Å². The Kier molecular flexibility index (Phi) is 11.3. The van der Waals surface area contributed by atoms with E-state index in [0.717, 1.165) is 12.7 Å². The van der Waals surface area contributed by atoms with Crippen LogP contribution < -0.4 is 9.62 Å². The highest BCUT2D eigenvalue weighted by molar-refractivity contribution is 7.92. The van der Waals surface area contributed by atoms with Gasteiger partial charge in [-0.15, -0.1) is 0 Å². The number of amides is 2. The van der Waals surface area contributed by atoms with E-state index in [1.54, 1.807) is 49.4 Å². The molecule has 7 nitrogen and oxygen atoms in total. The fourth-order valence-corrected chi connectivity index (χ4v) is 5.05. The van der Waals surface area contributed by atoms with Crippen molar-refractivity contribution in [2.24, 2.45) is 0 Å². The molecule has 0 saturated heterocycles. The molecule has 0 aromatic heterocycles. The first-order chi connectivity index (χ1) is 16.8. The van der Waals surface area contributed by atoms with Crippen molar-refractivity contribution in [2.45, 2.75) is 58.7 Å². The average molecular weight is 577 g/mol. The minimum atomic E-state index is -3.58. The maximum absolute atomic E-state index is 13.3. The van der Waals surface area contributed by atoms with Crippen molar-refractivity contribution in [3.05, 3.63) is 63.1 Å². The van der Waals surface area contributed by atoms with E-state index < -0.39 is 16.1 Å². The smallest absolute Gasteiger partial charge is 0.242 e. The monoisotopic (exact) mass is 575 g/mol. The second-order valence-electron chi connectivity index (χ2n) is 8.67. The summed E-state index contributed by atoms with van der Waals surface area (Å²) < 4.78 is 26.0. The van der Waals surface area contributed by atoms with Crippen molar-refractivity contribution in [1.29, 1.82) is 0 Å². The first kappa shape index (κ1) is 30.2. The first-order valence-electron chi connectivity index (χ1n) is 11.6. The van der Waals surface area contributed by atoms with E-state index in [4.69, 9.17) is 34.8 Å². The van der Waals surface area contributed by atoms with Gasteiger partial charge in [0.25, 0.3) is 0 Å². The third kappa shape index (κ3) is 8.83. The van der Waals surface area contributed by atoms with E-state index >= 15 is 0 Å². The summed E-state index contributed by atoms with van der Waals surface area (Å²) >= 11 is 18.3. The maximum atomic E-state index is 13.3. The van der Waals surface area contributed by atoms with Gasteiger partial charge in [-0.2, -0.15) is 0 Å². The SMILES string of the molecule is CC[C@H](C)NC(=O)[C@H](C)N(Cc1ccc(Cl)cc1Cl)C(=O)CCCN(c1ccc(Cl)cc1)S(C)(=O)=O. The molecule has 0 aliphatic rings. The minimum Gasteiger partial charge on any atom is -0.352 e. The molecule has 11 heteroatoms. The lowest BCUT2D eigenvalue weighted by Crippen LogP contribution is -2.49. The van der Waals surface area contributed by atoms with Gasteiger partial charge in [-0.3, -0.25) is 13.9 Å². The lowest BCUT2D eigenvalue weighted by Gasteiger charge is -2.30. The quantitative estimate of drug-likeness (QED) is 0.360. The van der Waals surface area contributed by atoms with Crippen LogP contribution in [0.5, 0.6) is 0 Å². The molecule has 36 heavy (non-hydrogen) atoms.